The number of halogens is 2. The van der Waals surface area contributed by atoms with E-state index in [2.05, 4.69) is 6.92 Å². The predicted molar refractivity (Wildman–Crippen MR) is 51.4 cm³/mol. The van der Waals surface area contributed by atoms with Crippen LogP contribution in [0.15, 0.2) is 0 Å². The van der Waals surface area contributed by atoms with Gasteiger partial charge in [-0.05, 0) is 31.6 Å². The van der Waals surface area contributed by atoms with E-state index in [-0.39, 0.29) is 0 Å². The fourth-order valence-electron chi connectivity index (χ4n) is 1.94. The molecule has 0 radical (unpaired) electrons. The van der Waals surface area contributed by atoms with Crippen LogP contribution < -0.4 is 5.73 Å². The van der Waals surface area contributed by atoms with Crippen LogP contribution in [-0.4, -0.2) is 25.2 Å². The summed E-state index contributed by atoms with van der Waals surface area (Å²) in [5, 5.41) is 0. The van der Waals surface area contributed by atoms with E-state index in [9.17, 15) is 8.78 Å². The number of ether oxygens (including phenoxy) is 1. The summed E-state index contributed by atoms with van der Waals surface area (Å²) < 4.78 is 29.3. The monoisotopic (exact) mass is 207 g/mol. The molecule has 0 aliphatic heterocycles. The summed E-state index contributed by atoms with van der Waals surface area (Å²) in [6.07, 6.45) is 1.30. The van der Waals surface area contributed by atoms with Gasteiger partial charge in [0, 0.05) is 6.54 Å². The molecule has 0 aromatic rings. The van der Waals surface area contributed by atoms with Crippen LogP contribution in [0.25, 0.3) is 0 Å². The lowest BCUT2D eigenvalue weighted by Crippen LogP contribution is -2.44. The summed E-state index contributed by atoms with van der Waals surface area (Å²) in [6.45, 7) is 2.05. The van der Waals surface area contributed by atoms with Crippen LogP contribution in [0.2, 0.25) is 0 Å². The lowest BCUT2D eigenvalue weighted by Gasteiger charge is -2.38. The smallest absolute Gasteiger partial charge is 0.261 e. The van der Waals surface area contributed by atoms with Crippen molar-refractivity contribution in [3.05, 3.63) is 0 Å². The van der Waals surface area contributed by atoms with Gasteiger partial charge in [-0.2, -0.15) is 0 Å². The van der Waals surface area contributed by atoms with Crippen molar-refractivity contribution in [1.82, 2.24) is 0 Å². The molecule has 1 fully saturated rings. The average Bonchev–Trinajstić information content (AvgIpc) is 2.18. The van der Waals surface area contributed by atoms with Crippen LogP contribution in [0.4, 0.5) is 8.78 Å². The largest absolute Gasteiger partial charge is 0.368 e. The van der Waals surface area contributed by atoms with Crippen molar-refractivity contribution in [2.45, 2.75) is 44.6 Å². The van der Waals surface area contributed by atoms with Crippen molar-refractivity contribution in [3.63, 3.8) is 0 Å². The van der Waals surface area contributed by atoms with Crippen LogP contribution in [0.5, 0.6) is 0 Å². The van der Waals surface area contributed by atoms with E-state index < -0.39 is 18.6 Å². The van der Waals surface area contributed by atoms with E-state index in [0.717, 1.165) is 25.7 Å². The lowest BCUT2D eigenvalue weighted by atomic mass is 9.79. The Kier molecular flexibility index (Phi) is 4.26. The third-order valence-corrected chi connectivity index (χ3v) is 3.07. The van der Waals surface area contributed by atoms with Crippen LogP contribution in [0.3, 0.4) is 0 Å². The first kappa shape index (κ1) is 11.9. The molecule has 14 heavy (non-hydrogen) atoms. The number of nitrogens with two attached hydrogens (primary N) is 1. The minimum absolute atomic E-state index is 0.354. The topological polar surface area (TPSA) is 35.2 Å². The van der Waals surface area contributed by atoms with Gasteiger partial charge in [-0.15, -0.1) is 0 Å². The highest BCUT2D eigenvalue weighted by atomic mass is 19.3. The van der Waals surface area contributed by atoms with Crippen LogP contribution in [0, 0.1) is 5.92 Å². The van der Waals surface area contributed by atoms with Crippen molar-refractivity contribution in [2.75, 3.05) is 13.2 Å². The Labute approximate surface area is 83.8 Å². The van der Waals surface area contributed by atoms with Gasteiger partial charge in [0.15, 0.2) is 0 Å². The molecule has 1 saturated carbocycles. The summed E-state index contributed by atoms with van der Waals surface area (Å²) >= 11 is 0. The van der Waals surface area contributed by atoms with Crippen LogP contribution in [0.1, 0.15) is 32.6 Å². The molecule has 0 amide bonds. The van der Waals surface area contributed by atoms with Crippen molar-refractivity contribution in [1.29, 1.82) is 0 Å². The Bertz CT molecular complexity index is 168. The molecule has 0 bridgehead atoms. The SMILES string of the molecule is CC1CCC(CN)(OCC(F)F)CC1. The van der Waals surface area contributed by atoms with Gasteiger partial charge in [0.05, 0.1) is 5.60 Å². The zero-order valence-electron chi connectivity index (χ0n) is 8.64. The van der Waals surface area contributed by atoms with Gasteiger partial charge in [-0.3, -0.25) is 0 Å². The fraction of sp³-hybridized carbons (Fsp3) is 1.00. The number of alkyl halides is 2. The standard InChI is InChI=1S/C10H19F2NO/c1-8-2-4-10(7-13,5-3-8)14-6-9(11)12/h8-9H,2-7,13H2,1H3. The molecular weight excluding hydrogens is 188 g/mol. The Morgan fingerprint density at radius 1 is 1.43 bits per heavy atom. The molecule has 0 atom stereocenters. The van der Waals surface area contributed by atoms with E-state index in [1.165, 1.54) is 0 Å². The van der Waals surface area contributed by atoms with Gasteiger partial charge in [0.1, 0.15) is 6.61 Å². The molecule has 1 aliphatic rings. The molecule has 0 spiro atoms. The Morgan fingerprint density at radius 2 is 2.00 bits per heavy atom. The zero-order valence-corrected chi connectivity index (χ0v) is 8.64. The molecule has 0 saturated heterocycles. The maximum Gasteiger partial charge on any atom is 0.261 e. The minimum Gasteiger partial charge on any atom is -0.368 e. The molecule has 1 rings (SSSR count). The molecule has 2 nitrogen and oxygen atoms in total. The molecule has 84 valence electrons. The highest BCUT2D eigenvalue weighted by Gasteiger charge is 2.34. The van der Waals surface area contributed by atoms with E-state index in [4.69, 9.17) is 10.5 Å². The highest BCUT2D eigenvalue weighted by Crippen LogP contribution is 2.34. The second kappa shape index (κ2) is 5.03. The number of hydrogen-bond donors (Lipinski definition) is 1. The minimum atomic E-state index is -2.39. The van der Waals surface area contributed by atoms with Gasteiger partial charge in [-0.1, -0.05) is 6.92 Å². The number of rotatable bonds is 4. The predicted octanol–water partition coefficient (Wildman–Crippen LogP) is 2.18. The van der Waals surface area contributed by atoms with Gasteiger partial charge in [0.2, 0.25) is 0 Å². The van der Waals surface area contributed by atoms with Gasteiger partial charge in [-0.25, -0.2) is 8.78 Å². The summed E-state index contributed by atoms with van der Waals surface area (Å²) in [7, 11) is 0. The van der Waals surface area contributed by atoms with E-state index >= 15 is 0 Å². The highest BCUT2D eigenvalue weighted by molar-refractivity contribution is 4.87. The molecule has 1 aliphatic carbocycles. The summed E-state index contributed by atoms with van der Waals surface area (Å²) in [5.41, 5.74) is 5.13. The third-order valence-electron chi connectivity index (χ3n) is 3.07. The maximum absolute atomic E-state index is 12.0. The molecule has 0 aromatic carbocycles. The van der Waals surface area contributed by atoms with Crippen molar-refractivity contribution in [2.24, 2.45) is 11.7 Å². The quantitative estimate of drug-likeness (QED) is 0.766. The first-order valence-corrected chi connectivity index (χ1v) is 5.20. The van der Waals surface area contributed by atoms with Crippen LogP contribution >= 0.6 is 0 Å². The molecule has 0 unspecified atom stereocenters. The van der Waals surface area contributed by atoms with E-state index in [0.29, 0.717) is 12.5 Å². The molecule has 2 N–H and O–H groups in total. The summed E-state index contributed by atoms with van der Waals surface area (Å²) in [5.74, 6) is 0.671. The first-order valence-electron chi connectivity index (χ1n) is 5.20. The Hall–Kier alpha value is -0.220. The molecular formula is C10H19F2NO. The lowest BCUT2D eigenvalue weighted by molar-refractivity contribution is -0.106. The molecule has 0 aromatic heterocycles. The van der Waals surface area contributed by atoms with E-state index in [1.807, 2.05) is 0 Å². The van der Waals surface area contributed by atoms with Crippen molar-refractivity contribution < 1.29 is 13.5 Å². The maximum atomic E-state index is 12.0. The fourth-order valence-corrected chi connectivity index (χ4v) is 1.94. The van der Waals surface area contributed by atoms with Crippen molar-refractivity contribution in [3.8, 4) is 0 Å². The molecule has 4 heteroatoms. The van der Waals surface area contributed by atoms with Gasteiger partial charge < -0.3 is 10.5 Å². The molecule has 0 heterocycles. The van der Waals surface area contributed by atoms with Crippen molar-refractivity contribution >= 4 is 0 Å². The Balaban J connectivity index is 2.41. The Morgan fingerprint density at radius 3 is 2.43 bits per heavy atom. The van der Waals surface area contributed by atoms with Gasteiger partial charge in [0.25, 0.3) is 6.43 Å². The number of hydrogen-bond acceptors (Lipinski definition) is 2. The van der Waals surface area contributed by atoms with Gasteiger partial charge >= 0.3 is 0 Å². The average molecular weight is 207 g/mol. The summed E-state index contributed by atoms with van der Waals surface area (Å²) in [4.78, 5) is 0. The third kappa shape index (κ3) is 3.17. The first-order chi connectivity index (χ1) is 6.58. The second-order valence-electron chi connectivity index (χ2n) is 4.27. The second-order valence-corrected chi connectivity index (χ2v) is 4.27. The van der Waals surface area contributed by atoms with Crippen LogP contribution in [-0.2, 0) is 4.74 Å². The van der Waals surface area contributed by atoms with E-state index in [1.54, 1.807) is 0 Å². The zero-order chi connectivity index (χ0) is 10.6. The normalized spacial score (nSPS) is 33.6. The summed E-state index contributed by atoms with van der Waals surface area (Å²) in [6, 6.07) is 0.